The van der Waals surface area contributed by atoms with E-state index in [4.69, 9.17) is 18.7 Å². The Morgan fingerprint density at radius 3 is 2.31 bits per heavy atom. The Balaban J connectivity index is 0.00000113. The zero-order valence-electron chi connectivity index (χ0n) is 24.1. The molecule has 0 N–H and O–H groups in total. The summed E-state index contributed by atoms with van der Waals surface area (Å²) in [5.74, 6) is -0.893. The number of hydrogen-bond donors (Lipinski definition) is 0. The van der Waals surface area contributed by atoms with E-state index in [0.717, 1.165) is 46.2 Å². The Bertz CT molecular complexity index is 1760. The molecule has 42 heavy (non-hydrogen) atoms. The second-order valence-corrected chi connectivity index (χ2v) is 11.7. The minimum Gasteiger partial charge on any atom is -0.545 e. The topological polar surface area (TPSA) is 120 Å². The van der Waals surface area contributed by atoms with Crippen LogP contribution < -0.4 is 19.9 Å². The summed E-state index contributed by atoms with van der Waals surface area (Å²) in [5, 5.41) is 14.1. The Hall–Kier alpha value is -4.75. The van der Waals surface area contributed by atoms with Crippen molar-refractivity contribution in [3.8, 4) is 22.5 Å². The minimum atomic E-state index is -1.21. The van der Waals surface area contributed by atoms with Crippen LogP contribution in [0, 0.1) is 5.92 Å². The van der Waals surface area contributed by atoms with E-state index in [2.05, 4.69) is 36.3 Å². The van der Waals surface area contributed by atoms with Crippen LogP contribution in [0.15, 0.2) is 59.0 Å². The molecule has 0 saturated carbocycles. The van der Waals surface area contributed by atoms with Crippen LogP contribution in [0.3, 0.4) is 0 Å². The average Bonchev–Trinajstić information content (AvgIpc) is 2.89. The number of ether oxygens (including phenoxy) is 1. The highest BCUT2D eigenvalue weighted by atomic mass is 16.5. The van der Waals surface area contributed by atoms with Gasteiger partial charge < -0.3 is 24.0 Å². The summed E-state index contributed by atoms with van der Waals surface area (Å²) in [6.45, 7) is 9.52. The number of hydrogen-bond acceptors (Lipinski definition) is 8. The highest BCUT2D eigenvalue weighted by molar-refractivity contribution is 6.07. The van der Waals surface area contributed by atoms with Crippen molar-refractivity contribution < 1.29 is 33.4 Å². The lowest BCUT2D eigenvalue weighted by molar-refractivity contribution is -0.255. The Kier molecular flexibility index (Phi) is 7.71. The van der Waals surface area contributed by atoms with Gasteiger partial charge in [0.2, 0.25) is 5.36 Å². The zero-order chi connectivity index (χ0) is 30.2. The molecule has 9 nitrogen and oxygen atoms in total. The monoisotopic (exact) mass is 568 g/mol. The molecule has 0 unspecified atom stereocenters. The summed E-state index contributed by atoms with van der Waals surface area (Å²) < 4.78 is 13.5. The maximum Gasteiger partial charge on any atom is 0.373 e. The molecule has 0 bridgehead atoms. The maximum absolute atomic E-state index is 12.3. The summed E-state index contributed by atoms with van der Waals surface area (Å²) in [7, 11) is 1.41. The third-order valence-electron chi connectivity index (χ3n) is 8.07. The van der Waals surface area contributed by atoms with Crippen LogP contribution in [0.2, 0.25) is 0 Å². The first-order valence-electron chi connectivity index (χ1n) is 13.8. The number of carbonyl (C=O) groups excluding carboxylic acids is 4. The molecule has 2 saturated heterocycles. The number of nitrogens with zero attached hydrogens (tertiary/aromatic N) is 2. The van der Waals surface area contributed by atoms with Gasteiger partial charge in [0, 0.05) is 53.0 Å². The summed E-state index contributed by atoms with van der Waals surface area (Å²) in [5.41, 5.74) is 5.05. The van der Waals surface area contributed by atoms with Crippen LogP contribution in [0.1, 0.15) is 43.1 Å². The molecule has 2 aromatic rings. The molecule has 0 radical (unpaired) electrons. The van der Waals surface area contributed by atoms with Crippen molar-refractivity contribution in [2.75, 3.05) is 38.2 Å². The number of carboxylic acid groups (broad SMARTS) is 1. The van der Waals surface area contributed by atoms with E-state index in [1.165, 1.54) is 13.5 Å². The van der Waals surface area contributed by atoms with E-state index in [9.17, 15) is 14.7 Å². The van der Waals surface area contributed by atoms with Gasteiger partial charge in [-0.1, -0.05) is 32.9 Å². The molecule has 4 aliphatic rings. The van der Waals surface area contributed by atoms with Gasteiger partial charge in [-0.3, -0.25) is 4.79 Å². The number of carboxylic acids is 1. The van der Waals surface area contributed by atoms with Gasteiger partial charge in [-0.05, 0) is 47.2 Å². The molecular formula is C33H32N2O7. The molecule has 3 aliphatic heterocycles. The molecule has 9 heteroatoms. The van der Waals surface area contributed by atoms with Crippen molar-refractivity contribution in [3.63, 3.8) is 0 Å². The third kappa shape index (κ3) is 5.31. The predicted molar refractivity (Wildman–Crippen MR) is 154 cm³/mol. The molecule has 2 fully saturated rings. The van der Waals surface area contributed by atoms with Gasteiger partial charge in [0.05, 0.1) is 19.1 Å². The van der Waals surface area contributed by atoms with E-state index in [0.29, 0.717) is 30.0 Å². The number of fused-ring (bicyclic) bond motifs is 2. The van der Waals surface area contributed by atoms with E-state index in [1.807, 2.05) is 42.5 Å². The van der Waals surface area contributed by atoms with E-state index >= 15 is 0 Å². The summed E-state index contributed by atoms with van der Waals surface area (Å²) >= 11 is 0. The van der Waals surface area contributed by atoms with Crippen molar-refractivity contribution in [2.24, 2.45) is 5.92 Å². The third-order valence-corrected chi connectivity index (χ3v) is 8.07. The maximum atomic E-state index is 12.3. The fraction of sp³-hybridized carbons (Fsp3) is 0.333. The molecule has 0 aromatic heterocycles. The molecule has 216 valence electrons. The molecule has 6 rings (SSSR count). The summed E-state index contributed by atoms with van der Waals surface area (Å²) in [4.78, 5) is 42.8. The quantitative estimate of drug-likeness (QED) is 0.209. The van der Waals surface area contributed by atoms with Gasteiger partial charge >= 0.3 is 12.1 Å². The van der Waals surface area contributed by atoms with E-state index in [-0.39, 0.29) is 29.0 Å². The Morgan fingerprint density at radius 2 is 1.71 bits per heavy atom. The average molecular weight is 569 g/mol. The van der Waals surface area contributed by atoms with Crippen molar-refractivity contribution in [2.45, 2.75) is 32.6 Å². The number of aromatic carboxylic acids is 1. The number of methoxy groups -OCH3 is 1. The number of benzene rings is 3. The van der Waals surface area contributed by atoms with Crippen LogP contribution in [-0.4, -0.2) is 51.4 Å². The second-order valence-electron chi connectivity index (χ2n) is 11.7. The van der Waals surface area contributed by atoms with Crippen LogP contribution in [0.25, 0.3) is 33.4 Å². The summed E-state index contributed by atoms with van der Waals surface area (Å²) in [6, 6.07) is 17.6. The Labute approximate surface area is 243 Å². The highest BCUT2D eigenvalue weighted by Gasteiger charge is 2.38. The lowest BCUT2D eigenvalue weighted by Crippen LogP contribution is -2.52. The first kappa shape index (κ1) is 28.8. The number of esters is 1. The highest BCUT2D eigenvalue weighted by Crippen LogP contribution is 2.43. The predicted octanol–water partition coefficient (Wildman–Crippen LogP) is 3.07. The normalized spacial score (nSPS) is 16.1. The Morgan fingerprint density at radius 1 is 1.00 bits per heavy atom. The standard InChI is InChI=1S/C32H32N2O5.CO2/c1-32(2,3)20-6-9-23(30(35)36)26(14-20)29-24-10-7-21(33-12-5-13-33)15-27(24)39-28-16-22(8-11-25(28)29)34-17-19(18-34)31(37)38-4;2-1-3/h6-11,14-16,19H,5,12-13,17-18H2,1-4H3;. The van der Waals surface area contributed by atoms with Gasteiger partial charge in [-0.25, -0.2) is 4.58 Å². The smallest absolute Gasteiger partial charge is 0.373 e. The van der Waals surface area contributed by atoms with Crippen LogP contribution in [0.4, 0.5) is 5.69 Å². The van der Waals surface area contributed by atoms with Gasteiger partial charge in [0.25, 0.3) is 0 Å². The van der Waals surface area contributed by atoms with Crippen LogP contribution >= 0.6 is 0 Å². The molecule has 1 aliphatic carbocycles. The molecule has 3 heterocycles. The van der Waals surface area contributed by atoms with Crippen LogP contribution in [0.5, 0.6) is 0 Å². The van der Waals surface area contributed by atoms with Gasteiger partial charge in [-0.2, -0.15) is 9.59 Å². The van der Waals surface area contributed by atoms with Crippen molar-refractivity contribution in [3.05, 3.63) is 71.1 Å². The van der Waals surface area contributed by atoms with E-state index < -0.39 is 5.97 Å². The van der Waals surface area contributed by atoms with Crippen molar-refractivity contribution >= 4 is 34.7 Å². The summed E-state index contributed by atoms with van der Waals surface area (Å²) in [6.07, 6.45) is 1.42. The first-order valence-corrected chi connectivity index (χ1v) is 13.8. The molecule has 0 amide bonds. The second kappa shape index (κ2) is 11.3. The van der Waals surface area contributed by atoms with E-state index in [1.54, 1.807) is 6.07 Å². The fourth-order valence-electron chi connectivity index (χ4n) is 5.53. The fourth-order valence-corrected chi connectivity index (χ4v) is 5.53. The largest absolute Gasteiger partial charge is 0.545 e. The van der Waals surface area contributed by atoms with Gasteiger partial charge in [0.1, 0.15) is 11.3 Å². The van der Waals surface area contributed by atoms with Crippen LogP contribution in [-0.2, 0) is 24.5 Å². The number of rotatable bonds is 4. The van der Waals surface area contributed by atoms with Gasteiger partial charge in [-0.15, -0.1) is 0 Å². The number of anilines is 1. The lowest BCUT2D eigenvalue weighted by atomic mass is 9.82. The first-order chi connectivity index (χ1) is 20.0. The zero-order valence-corrected chi connectivity index (χ0v) is 24.1. The van der Waals surface area contributed by atoms with Crippen molar-refractivity contribution in [1.29, 1.82) is 0 Å². The van der Waals surface area contributed by atoms with Gasteiger partial charge in [0.15, 0.2) is 19.0 Å². The molecular weight excluding hydrogens is 536 g/mol. The lowest BCUT2D eigenvalue weighted by Gasteiger charge is -2.33. The molecule has 2 aromatic carbocycles. The molecule has 0 spiro atoms. The SMILES string of the molecule is COC(=O)C1C[N+](=c2ccc3c(-c4cc(C(C)(C)C)ccc4C(=O)[O-])c4ccc(N5CCC5)cc4oc-3c2)C1.O=C=O. The van der Waals surface area contributed by atoms with Crippen molar-refractivity contribution in [1.82, 2.24) is 4.58 Å². The number of carbonyl (C=O) groups is 2. The molecule has 0 atom stereocenters. The minimum absolute atomic E-state index is 0.139.